The molecule has 0 saturated carbocycles. The summed E-state index contributed by atoms with van der Waals surface area (Å²) < 4.78 is 67.2. The molecule has 1 nitrogen and oxygen atoms in total. The van der Waals surface area contributed by atoms with Crippen molar-refractivity contribution in [1.29, 1.82) is 0 Å². The number of methoxy groups -OCH3 is 1. The normalized spacial score (nSPS) is 20.2. The summed E-state index contributed by atoms with van der Waals surface area (Å²) in [4.78, 5) is 0. The molecule has 0 fully saturated rings. The van der Waals surface area contributed by atoms with Crippen molar-refractivity contribution >= 4 is 10.2 Å². The number of rotatable bonds is 4. The molecule has 0 spiro atoms. The molecule has 1 unspecified atom stereocenters. The Labute approximate surface area is 96.3 Å². The molecular weight excluding hydrogens is 263 g/mol. The smallest absolute Gasteiger partial charge is 0.288 e. The molecule has 0 aliphatic rings. The monoisotopic (exact) mass is 276 g/mol. The number of benzene rings is 1. The number of halogens is 5. The van der Waals surface area contributed by atoms with Crippen molar-refractivity contribution in [2.45, 2.75) is 12.5 Å². The average molecular weight is 276 g/mol. The molecule has 0 aliphatic carbocycles. The zero-order chi connectivity index (χ0) is 13.4. The summed E-state index contributed by atoms with van der Waals surface area (Å²) in [5.74, 6) is -2.27. The van der Waals surface area contributed by atoms with Crippen LogP contribution in [0.1, 0.15) is 12.5 Å². The summed E-state index contributed by atoms with van der Waals surface area (Å²) in [5.41, 5.74) is -2.01. The topological polar surface area (TPSA) is 9.23 Å². The molecule has 0 radical (unpaired) electrons. The third-order valence-electron chi connectivity index (χ3n) is 2.38. The minimum Gasteiger partial charge on any atom is -0.373 e. The van der Waals surface area contributed by atoms with Gasteiger partial charge in [-0.1, -0.05) is 49.8 Å². The van der Waals surface area contributed by atoms with Crippen molar-refractivity contribution < 1.29 is 24.2 Å². The van der Waals surface area contributed by atoms with Crippen LogP contribution in [0.3, 0.4) is 0 Å². The fourth-order valence-corrected chi connectivity index (χ4v) is 2.90. The Morgan fingerprint density at radius 2 is 1.53 bits per heavy atom. The third-order valence-corrected chi connectivity index (χ3v) is 3.48. The molecule has 0 aliphatic heterocycles. The van der Waals surface area contributed by atoms with Crippen LogP contribution in [-0.4, -0.2) is 12.9 Å². The molecule has 1 aromatic carbocycles. The van der Waals surface area contributed by atoms with Crippen LogP contribution in [0.25, 0.3) is 0 Å². The highest BCUT2D eigenvalue weighted by Crippen LogP contribution is 2.98. The fraction of sp³-hybridized carbons (Fsp3) is 0.400. The molecule has 17 heavy (non-hydrogen) atoms. The van der Waals surface area contributed by atoms with Gasteiger partial charge in [0.2, 0.25) is 0 Å². The van der Waals surface area contributed by atoms with Crippen LogP contribution < -0.4 is 0 Å². The highest BCUT2D eigenvalue weighted by Gasteiger charge is 2.67. The predicted molar refractivity (Wildman–Crippen MR) is 58.8 cm³/mol. The maximum absolute atomic E-state index is 12.5. The van der Waals surface area contributed by atoms with Gasteiger partial charge in [-0.25, -0.2) is 0 Å². The lowest BCUT2D eigenvalue weighted by molar-refractivity contribution is 0.0158. The van der Waals surface area contributed by atoms with Crippen LogP contribution in [0.15, 0.2) is 30.3 Å². The van der Waals surface area contributed by atoms with E-state index >= 15 is 0 Å². The van der Waals surface area contributed by atoms with Crippen molar-refractivity contribution in [1.82, 2.24) is 0 Å². The first kappa shape index (κ1) is 14.2. The van der Waals surface area contributed by atoms with Gasteiger partial charge in [0.05, 0.1) is 0 Å². The fourth-order valence-electron chi connectivity index (χ4n) is 1.57. The minimum atomic E-state index is -9.52. The molecule has 1 rings (SSSR count). The number of ether oxygens (including phenoxy) is 1. The maximum Gasteiger partial charge on any atom is 0.288 e. The predicted octanol–water partition coefficient (Wildman–Crippen LogP) is 4.85. The zero-order valence-corrected chi connectivity index (χ0v) is 10.1. The van der Waals surface area contributed by atoms with Gasteiger partial charge in [0.1, 0.15) is 11.4 Å². The lowest BCUT2D eigenvalue weighted by Gasteiger charge is -2.46. The first-order valence-corrected chi connectivity index (χ1v) is 6.81. The van der Waals surface area contributed by atoms with Crippen molar-refractivity contribution in [3.8, 4) is 0 Å². The van der Waals surface area contributed by atoms with Crippen LogP contribution in [0.2, 0.25) is 0 Å². The SMILES string of the molecule is COC(C)(CS(F)(F)(F)(F)F)c1ccccc1. The van der Waals surface area contributed by atoms with Crippen molar-refractivity contribution in [2.75, 3.05) is 12.9 Å². The van der Waals surface area contributed by atoms with Gasteiger partial charge in [-0.15, -0.1) is 0 Å². The van der Waals surface area contributed by atoms with Gasteiger partial charge in [-0.2, -0.15) is 0 Å². The van der Waals surface area contributed by atoms with Gasteiger partial charge >= 0.3 is 0 Å². The molecule has 100 valence electrons. The summed E-state index contributed by atoms with van der Waals surface area (Å²) >= 11 is 0. The molecule has 0 amide bonds. The molecular formula is C10H13F5OS. The maximum atomic E-state index is 12.5. The lowest BCUT2D eigenvalue weighted by Crippen LogP contribution is -2.35. The second-order valence-corrected chi connectivity index (χ2v) is 6.62. The molecule has 1 aromatic rings. The first-order chi connectivity index (χ1) is 7.35. The highest BCUT2D eigenvalue weighted by molar-refractivity contribution is 8.45. The van der Waals surface area contributed by atoms with Crippen LogP contribution >= 0.6 is 10.2 Å². The molecule has 0 heterocycles. The number of hydrogen-bond donors (Lipinski definition) is 0. The second kappa shape index (κ2) is 3.35. The van der Waals surface area contributed by atoms with E-state index < -0.39 is 21.6 Å². The summed E-state index contributed by atoms with van der Waals surface area (Å²) in [6.45, 7) is 1.00. The van der Waals surface area contributed by atoms with Gasteiger partial charge in [0.15, 0.2) is 0 Å². The Kier molecular flexibility index (Phi) is 2.81. The van der Waals surface area contributed by atoms with Gasteiger partial charge in [0, 0.05) is 7.11 Å². The summed E-state index contributed by atoms with van der Waals surface area (Å²) in [7, 11) is -8.54. The summed E-state index contributed by atoms with van der Waals surface area (Å²) in [6.07, 6.45) is 0. The minimum absolute atomic E-state index is 0.0655. The third kappa shape index (κ3) is 4.51. The Hall–Kier alpha value is -0.820. The van der Waals surface area contributed by atoms with Crippen molar-refractivity contribution in [3.05, 3.63) is 35.9 Å². The van der Waals surface area contributed by atoms with Crippen LogP contribution in [0, 0.1) is 0 Å². The Morgan fingerprint density at radius 3 is 1.88 bits per heavy atom. The molecule has 7 heteroatoms. The lowest BCUT2D eigenvalue weighted by atomic mass is 9.98. The van der Waals surface area contributed by atoms with E-state index in [2.05, 4.69) is 4.74 Å². The second-order valence-electron chi connectivity index (χ2n) is 4.07. The van der Waals surface area contributed by atoms with E-state index in [1.54, 1.807) is 6.07 Å². The highest BCUT2D eigenvalue weighted by atomic mass is 32.5. The van der Waals surface area contributed by atoms with Gasteiger partial charge in [-0.05, 0) is 12.5 Å². The van der Waals surface area contributed by atoms with Gasteiger partial charge in [0.25, 0.3) is 10.2 Å². The van der Waals surface area contributed by atoms with E-state index in [0.717, 1.165) is 14.0 Å². The summed E-state index contributed by atoms with van der Waals surface area (Å²) in [5, 5.41) is 0. The van der Waals surface area contributed by atoms with Crippen LogP contribution in [0.5, 0.6) is 0 Å². The molecule has 0 bridgehead atoms. The molecule has 0 aromatic heterocycles. The van der Waals surface area contributed by atoms with Gasteiger partial charge in [-0.3, -0.25) is 0 Å². The van der Waals surface area contributed by atoms with E-state index in [0.29, 0.717) is 0 Å². The van der Waals surface area contributed by atoms with E-state index in [9.17, 15) is 19.4 Å². The number of hydrogen-bond acceptors (Lipinski definition) is 1. The van der Waals surface area contributed by atoms with Crippen LogP contribution in [0.4, 0.5) is 19.4 Å². The standard InChI is InChI=1S/C10H13F5OS/c1-10(16-2,8-17(11,12,13,14)15)9-6-4-3-5-7-9/h3-7H,8H2,1-2H3. The van der Waals surface area contributed by atoms with Crippen LogP contribution in [-0.2, 0) is 10.3 Å². The molecule has 0 saturated heterocycles. The van der Waals surface area contributed by atoms with E-state index in [1.807, 2.05) is 0 Å². The van der Waals surface area contributed by atoms with Crippen molar-refractivity contribution in [3.63, 3.8) is 0 Å². The summed E-state index contributed by atoms with van der Waals surface area (Å²) in [6, 6.07) is 7.18. The quantitative estimate of drug-likeness (QED) is 0.714. The van der Waals surface area contributed by atoms with Crippen molar-refractivity contribution in [2.24, 2.45) is 0 Å². The molecule has 1 atom stereocenters. The molecule has 0 N–H and O–H groups in total. The zero-order valence-electron chi connectivity index (χ0n) is 9.30. The van der Waals surface area contributed by atoms with Gasteiger partial charge < -0.3 is 4.74 Å². The Morgan fingerprint density at radius 1 is 1.06 bits per heavy atom. The van der Waals surface area contributed by atoms with E-state index in [-0.39, 0.29) is 5.56 Å². The average Bonchev–Trinajstić information content (AvgIpc) is 2.14. The largest absolute Gasteiger partial charge is 0.373 e. The Balaban J connectivity index is 3.17. The van der Waals surface area contributed by atoms with E-state index in [1.165, 1.54) is 24.3 Å². The Bertz CT molecular complexity index is 401. The first-order valence-electron chi connectivity index (χ1n) is 4.69. The van der Waals surface area contributed by atoms with E-state index in [4.69, 9.17) is 0 Å².